The molecule has 1 aliphatic heterocycles. The molecule has 1 amide bonds. The summed E-state index contributed by atoms with van der Waals surface area (Å²) in [6.07, 6.45) is 2.50. The predicted molar refractivity (Wildman–Crippen MR) is 113 cm³/mol. The summed E-state index contributed by atoms with van der Waals surface area (Å²) in [7, 11) is -3.71. The van der Waals surface area contributed by atoms with E-state index in [9.17, 15) is 18.0 Å². The number of carbonyl (C=O) groups is 1. The molecule has 0 spiro atoms. The van der Waals surface area contributed by atoms with Gasteiger partial charge in [0.25, 0.3) is 0 Å². The fourth-order valence-electron chi connectivity index (χ4n) is 4.11. The Morgan fingerprint density at radius 3 is 2.61 bits per heavy atom. The van der Waals surface area contributed by atoms with E-state index in [2.05, 4.69) is 5.32 Å². The molecule has 3 aromatic rings. The van der Waals surface area contributed by atoms with E-state index >= 15 is 0 Å². The zero-order valence-electron chi connectivity index (χ0n) is 17.4. The van der Waals surface area contributed by atoms with Crippen LogP contribution < -0.4 is 11.1 Å². The molecule has 0 unspecified atom stereocenters. The van der Waals surface area contributed by atoms with Gasteiger partial charge < -0.3 is 14.2 Å². The minimum absolute atomic E-state index is 0.0736. The molecule has 4 rings (SSSR count). The van der Waals surface area contributed by atoms with Gasteiger partial charge in [0.15, 0.2) is 5.58 Å². The van der Waals surface area contributed by atoms with Crippen LogP contribution in [0, 0.1) is 11.8 Å². The van der Waals surface area contributed by atoms with E-state index in [1.807, 2.05) is 13.8 Å². The number of benzene rings is 1. The number of carbonyl (C=O) groups excluding carboxylic acids is 1. The monoisotopic (exact) mass is 447 g/mol. The van der Waals surface area contributed by atoms with Crippen molar-refractivity contribution in [3.05, 3.63) is 52.9 Å². The molecule has 10 heteroatoms. The topological polar surface area (TPSA) is 115 Å². The normalized spacial score (nSPS) is 20.2. The van der Waals surface area contributed by atoms with Crippen molar-refractivity contribution in [1.29, 1.82) is 0 Å². The number of furan rings is 1. The highest BCUT2D eigenvalue weighted by atomic mass is 32.2. The van der Waals surface area contributed by atoms with E-state index in [1.165, 1.54) is 33.3 Å². The van der Waals surface area contributed by atoms with Gasteiger partial charge >= 0.3 is 5.76 Å². The first kappa shape index (κ1) is 21.4. The van der Waals surface area contributed by atoms with E-state index in [4.69, 9.17) is 8.83 Å². The second-order valence-electron chi connectivity index (χ2n) is 8.21. The number of sulfonamides is 1. The summed E-state index contributed by atoms with van der Waals surface area (Å²) in [6, 6.07) is 7.75. The molecule has 0 saturated carbocycles. The van der Waals surface area contributed by atoms with E-state index in [1.54, 1.807) is 12.1 Å². The standard InChI is InChI=1S/C21H25N3O6S/c1-14-8-15(2)12-23(11-14)31(27,28)17-5-6-18-19(9-17)30-21(26)24(18)13-20(25)22-10-16-4-3-7-29-16/h3-7,9,14-15H,8,10-13H2,1-2H3,(H,22,25)/t14-,15-/m1/s1. The smallest absolute Gasteiger partial charge is 0.420 e. The quantitative estimate of drug-likeness (QED) is 0.619. The molecule has 3 heterocycles. The maximum absolute atomic E-state index is 13.1. The molecule has 1 fully saturated rings. The Hall–Kier alpha value is -2.85. The van der Waals surface area contributed by atoms with E-state index in [0.29, 0.717) is 24.4 Å². The van der Waals surface area contributed by atoms with Crippen molar-refractivity contribution in [2.45, 2.75) is 38.3 Å². The Morgan fingerprint density at radius 2 is 1.94 bits per heavy atom. The predicted octanol–water partition coefficient (Wildman–Crippen LogP) is 2.17. The fraction of sp³-hybridized carbons (Fsp3) is 0.429. The summed E-state index contributed by atoms with van der Waals surface area (Å²) in [6.45, 7) is 4.96. The first-order valence-corrected chi connectivity index (χ1v) is 11.6. The number of nitrogens with zero attached hydrogens (tertiary/aromatic N) is 2. The maximum Gasteiger partial charge on any atom is 0.420 e. The van der Waals surface area contributed by atoms with Gasteiger partial charge in [0.05, 0.1) is 23.2 Å². The molecule has 0 aliphatic carbocycles. The Morgan fingerprint density at radius 1 is 1.19 bits per heavy atom. The van der Waals surface area contributed by atoms with Gasteiger partial charge in [-0.25, -0.2) is 13.2 Å². The molecule has 1 N–H and O–H groups in total. The largest absolute Gasteiger partial charge is 0.467 e. The van der Waals surface area contributed by atoms with Crippen molar-refractivity contribution in [3.63, 3.8) is 0 Å². The second-order valence-corrected chi connectivity index (χ2v) is 10.1. The van der Waals surface area contributed by atoms with Gasteiger partial charge in [-0.05, 0) is 42.5 Å². The van der Waals surface area contributed by atoms with Crippen LogP contribution >= 0.6 is 0 Å². The summed E-state index contributed by atoms with van der Waals surface area (Å²) >= 11 is 0. The third-order valence-corrected chi connectivity index (χ3v) is 7.28. The molecule has 166 valence electrons. The van der Waals surface area contributed by atoms with Gasteiger partial charge in [0.2, 0.25) is 15.9 Å². The number of nitrogens with one attached hydrogen (secondary N) is 1. The summed E-state index contributed by atoms with van der Waals surface area (Å²) in [4.78, 5) is 24.6. The number of amides is 1. The Kier molecular flexibility index (Phi) is 5.76. The van der Waals surface area contributed by atoms with Crippen molar-refractivity contribution < 1.29 is 22.0 Å². The lowest BCUT2D eigenvalue weighted by atomic mass is 9.94. The molecule has 1 saturated heterocycles. The summed E-state index contributed by atoms with van der Waals surface area (Å²) < 4.78 is 39.3. The molecule has 2 aromatic heterocycles. The Labute approximate surface area is 179 Å². The lowest BCUT2D eigenvalue weighted by molar-refractivity contribution is -0.121. The molecule has 0 bridgehead atoms. The third-order valence-electron chi connectivity index (χ3n) is 5.45. The summed E-state index contributed by atoms with van der Waals surface area (Å²) in [5.41, 5.74) is 0.487. The lowest BCUT2D eigenvalue weighted by Gasteiger charge is -2.34. The SMILES string of the molecule is C[C@@H]1C[C@@H](C)CN(S(=O)(=O)c2ccc3c(c2)oc(=O)n3CC(=O)NCc2ccco2)C1. The lowest BCUT2D eigenvalue weighted by Crippen LogP contribution is -2.42. The van der Waals surface area contributed by atoms with Gasteiger partial charge in [0.1, 0.15) is 12.3 Å². The van der Waals surface area contributed by atoms with Gasteiger partial charge in [-0.3, -0.25) is 9.36 Å². The zero-order chi connectivity index (χ0) is 22.2. The van der Waals surface area contributed by atoms with Gasteiger partial charge in [-0.2, -0.15) is 4.31 Å². The number of hydrogen-bond acceptors (Lipinski definition) is 6. The van der Waals surface area contributed by atoms with E-state index < -0.39 is 21.7 Å². The van der Waals surface area contributed by atoms with Crippen LogP contribution in [0.15, 0.2) is 55.1 Å². The zero-order valence-corrected chi connectivity index (χ0v) is 18.2. The first-order valence-electron chi connectivity index (χ1n) is 10.2. The highest BCUT2D eigenvalue weighted by Gasteiger charge is 2.32. The van der Waals surface area contributed by atoms with E-state index in [0.717, 1.165) is 6.42 Å². The second kappa shape index (κ2) is 8.35. The molecular formula is C21H25N3O6S. The maximum atomic E-state index is 13.1. The number of piperidine rings is 1. The molecule has 1 aromatic carbocycles. The minimum atomic E-state index is -3.71. The van der Waals surface area contributed by atoms with Crippen LogP contribution in [0.5, 0.6) is 0 Å². The Bertz CT molecular complexity index is 1230. The summed E-state index contributed by atoms with van der Waals surface area (Å²) in [5.74, 6) is 0.0305. The number of aromatic nitrogens is 1. The fourth-order valence-corrected chi connectivity index (χ4v) is 5.80. The number of hydrogen-bond donors (Lipinski definition) is 1. The molecular weight excluding hydrogens is 422 g/mol. The van der Waals surface area contributed by atoms with Crippen LogP contribution in [0.1, 0.15) is 26.0 Å². The van der Waals surface area contributed by atoms with Crippen LogP contribution in [0.25, 0.3) is 11.1 Å². The number of rotatable bonds is 6. The highest BCUT2D eigenvalue weighted by molar-refractivity contribution is 7.89. The summed E-state index contributed by atoms with van der Waals surface area (Å²) in [5, 5.41) is 2.67. The van der Waals surface area contributed by atoms with Crippen molar-refractivity contribution >= 4 is 27.0 Å². The van der Waals surface area contributed by atoms with Crippen molar-refractivity contribution in [2.24, 2.45) is 11.8 Å². The van der Waals surface area contributed by atoms with Crippen molar-refractivity contribution in [2.75, 3.05) is 13.1 Å². The average Bonchev–Trinajstić information content (AvgIpc) is 3.33. The van der Waals surface area contributed by atoms with Gasteiger partial charge in [-0.15, -0.1) is 0 Å². The van der Waals surface area contributed by atoms with Crippen molar-refractivity contribution in [3.8, 4) is 0 Å². The highest BCUT2D eigenvalue weighted by Crippen LogP contribution is 2.28. The van der Waals surface area contributed by atoms with Gasteiger partial charge in [-0.1, -0.05) is 13.8 Å². The first-order chi connectivity index (χ1) is 14.7. The third kappa shape index (κ3) is 4.45. The van der Waals surface area contributed by atoms with Gasteiger partial charge in [0, 0.05) is 19.2 Å². The van der Waals surface area contributed by atoms with Crippen LogP contribution in [-0.4, -0.2) is 36.3 Å². The van der Waals surface area contributed by atoms with Crippen LogP contribution in [0.2, 0.25) is 0 Å². The minimum Gasteiger partial charge on any atom is -0.467 e. The molecule has 1 aliphatic rings. The van der Waals surface area contributed by atoms with Crippen LogP contribution in [0.4, 0.5) is 0 Å². The Balaban J connectivity index is 1.55. The van der Waals surface area contributed by atoms with Crippen molar-refractivity contribution in [1.82, 2.24) is 14.2 Å². The molecule has 9 nitrogen and oxygen atoms in total. The van der Waals surface area contributed by atoms with Crippen LogP contribution in [0.3, 0.4) is 0 Å². The molecule has 2 atom stereocenters. The van der Waals surface area contributed by atoms with Crippen LogP contribution in [-0.2, 0) is 27.9 Å². The average molecular weight is 448 g/mol. The van der Waals surface area contributed by atoms with E-state index in [-0.39, 0.29) is 35.4 Å². The number of fused-ring (bicyclic) bond motifs is 1. The molecule has 31 heavy (non-hydrogen) atoms. The number of oxazole rings is 1. The molecule has 0 radical (unpaired) electrons.